The SMILES string of the molecule is Cc1csc(SCC(=O)Nc2ccc(F)cc2C)n1. The van der Waals surface area contributed by atoms with E-state index in [-0.39, 0.29) is 11.7 Å². The number of aryl methyl sites for hydroxylation is 2. The predicted octanol–water partition coefficient (Wildman–Crippen LogP) is 3.63. The summed E-state index contributed by atoms with van der Waals surface area (Å²) in [4.78, 5) is 16.1. The maximum Gasteiger partial charge on any atom is 0.234 e. The van der Waals surface area contributed by atoms with Crippen molar-refractivity contribution in [3.63, 3.8) is 0 Å². The van der Waals surface area contributed by atoms with Crippen molar-refractivity contribution < 1.29 is 9.18 Å². The highest BCUT2D eigenvalue weighted by Crippen LogP contribution is 2.23. The number of nitrogens with one attached hydrogen (secondary N) is 1. The highest BCUT2D eigenvalue weighted by molar-refractivity contribution is 8.01. The minimum Gasteiger partial charge on any atom is -0.325 e. The average molecular weight is 296 g/mol. The number of amides is 1. The van der Waals surface area contributed by atoms with Gasteiger partial charge in [0.15, 0.2) is 4.34 Å². The Morgan fingerprint density at radius 3 is 2.89 bits per heavy atom. The summed E-state index contributed by atoms with van der Waals surface area (Å²) in [7, 11) is 0. The van der Waals surface area contributed by atoms with Crippen LogP contribution in [-0.2, 0) is 4.79 Å². The van der Waals surface area contributed by atoms with E-state index in [1.165, 1.54) is 35.2 Å². The van der Waals surface area contributed by atoms with E-state index < -0.39 is 0 Å². The van der Waals surface area contributed by atoms with Crippen LogP contribution in [0.3, 0.4) is 0 Å². The summed E-state index contributed by atoms with van der Waals surface area (Å²) in [6, 6.07) is 4.30. The molecular weight excluding hydrogens is 283 g/mol. The molecule has 0 radical (unpaired) electrons. The Balaban J connectivity index is 1.90. The maximum atomic E-state index is 12.9. The maximum absolute atomic E-state index is 12.9. The summed E-state index contributed by atoms with van der Waals surface area (Å²) >= 11 is 2.92. The zero-order chi connectivity index (χ0) is 13.8. The second kappa shape index (κ2) is 6.16. The summed E-state index contributed by atoms with van der Waals surface area (Å²) in [5.41, 5.74) is 2.31. The summed E-state index contributed by atoms with van der Waals surface area (Å²) in [6.07, 6.45) is 0. The molecule has 6 heteroatoms. The molecule has 100 valence electrons. The largest absolute Gasteiger partial charge is 0.325 e. The van der Waals surface area contributed by atoms with Gasteiger partial charge in [0.25, 0.3) is 0 Å². The second-order valence-corrected chi connectivity index (χ2v) is 6.13. The Kier molecular flexibility index (Phi) is 4.55. The zero-order valence-corrected chi connectivity index (χ0v) is 12.2. The molecule has 0 bridgehead atoms. The van der Waals surface area contributed by atoms with E-state index in [1.807, 2.05) is 12.3 Å². The predicted molar refractivity (Wildman–Crippen MR) is 77.3 cm³/mol. The molecule has 0 saturated heterocycles. The van der Waals surface area contributed by atoms with Crippen molar-refractivity contribution >= 4 is 34.7 Å². The number of hydrogen-bond acceptors (Lipinski definition) is 4. The molecule has 0 unspecified atom stereocenters. The topological polar surface area (TPSA) is 42.0 Å². The van der Waals surface area contributed by atoms with Gasteiger partial charge in [-0.2, -0.15) is 0 Å². The van der Waals surface area contributed by atoms with Gasteiger partial charge in [0.1, 0.15) is 5.82 Å². The van der Waals surface area contributed by atoms with Crippen LogP contribution in [0.15, 0.2) is 27.9 Å². The van der Waals surface area contributed by atoms with Crippen molar-refractivity contribution in [2.75, 3.05) is 11.1 Å². The van der Waals surface area contributed by atoms with Gasteiger partial charge < -0.3 is 5.32 Å². The van der Waals surface area contributed by atoms with Crippen LogP contribution in [0.1, 0.15) is 11.3 Å². The third-order valence-electron chi connectivity index (χ3n) is 2.39. The summed E-state index contributed by atoms with van der Waals surface area (Å²) in [6.45, 7) is 3.68. The van der Waals surface area contributed by atoms with Crippen LogP contribution < -0.4 is 5.32 Å². The van der Waals surface area contributed by atoms with Crippen molar-refractivity contribution in [2.45, 2.75) is 18.2 Å². The monoisotopic (exact) mass is 296 g/mol. The van der Waals surface area contributed by atoms with Gasteiger partial charge in [-0.1, -0.05) is 11.8 Å². The van der Waals surface area contributed by atoms with Crippen molar-refractivity contribution in [1.82, 2.24) is 4.98 Å². The molecule has 2 rings (SSSR count). The van der Waals surface area contributed by atoms with Gasteiger partial charge in [-0.15, -0.1) is 11.3 Å². The van der Waals surface area contributed by atoms with E-state index in [9.17, 15) is 9.18 Å². The van der Waals surface area contributed by atoms with E-state index >= 15 is 0 Å². The number of halogens is 1. The molecule has 0 spiro atoms. The van der Waals surface area contributed by atoms with Crippen LogP contribution in [0.25, 0.3) is 0 Å². The molecule has 0 aliphatic rings. The quantitative estimate of drug-likeness (QED) is 0.876. The van der Waals surface area contributed by atoms with Gasteiger partial charge in [0, 0.05) is 16.8 Å². The molecule has 1 N–H and O–H groups in total. The van der Waals surface area contributed by atoms with Crippen molar-refractivity contribution in [3.05, 3.63) is 40.7 Å². The van der Waals surface area contributed by atoms with Gasteiger partial charge in [0.05, 0.1) is 5.75 Å². The number of carbonyl (C=O) groups excluding carboxylic acids is 1. The van der Waals surface area contributed by atoms with Crippen molar-refractivity contribution in [1.29, 1.82) is 0 Å². The van der Waals surface area contributed by atoms with Crippen LogP contribution in [0.2, 0.25) is 0 Å². The molecular formula is C13H13FN2OS2. The van der Waals surface area contributed by atoms with E-state index in [4.69, 9.17) is 0 Å². The summed E-state index contributed by atoms with van der Waals surface area (Å²) in [5, 5.41) is 4.71. The highest BCUT2D eigenvalue weighted by Gasteiger charge is 2.08. The molecule has 1 amide bonds. The fraction of sp³-hybridized carbons (Fsp3) is 0.231. The molecule has 0 atom stereocenters. The third kappa shape index (κ3) is 4.04. The van der Waals surface area contributed by atoms with Crippen LogP contribution in [0, 0.1) is 19.7 Å². The first kappa shape index (κ1) is 14.0. The lowest BCUT2D eigenvalue weighted by atomic mass is 10.2. The fourth-order valence-corrected chi connectivity index (χ4v) is 3.13. The van der Waals surface area contributed by atoms with Crippen molar-refractivity contribution in [2.24, 2.45) is 0 Å². The Morgan fingerprint density at radius 1 is 1.47 bits per heavy atom. The van der Waals surface area contributed by atoms with E-state index in [1.54, 1.807) is 13.0 Å². The fourth-order valence-electron chi connectivity index (χ4n) is 1.48. The average Bonchev–Trinajstić information content (AvgIpc) is 2.76. The summed E-state index contributed by atoms with van der Waals surface area (Å²) < 4.78 is 13.8. The number of benzene rings is 1. The minimum atomic E-state index is -0.303. The molecule has 1 aromatic heterocycles. The van der Waals surface area contributed by atoms with Crippen molar-refractivity contribution in [3.8, 4) is 0 Å². The normalized spacial score (nSPS) is 10.5. The lowest BCUT2D eigenvalue weighted by Crippen LogP contribution is -2.14. The molecule has 3 nitrogen and oxygen atoms in total. The number of carbonyl (C=O) groups is 1. The Labute approximate surface area is 119 Å². The van der Waals surface area contributed by atoms with Crippen LogP contribution in [0.5, 0.6) is 0 Å². The summed E-state index contributed by atoms with van der Waals surface area (Å²) in [5.74, 6) is -0.125. The number of nitrogens with zero attached hydrogens (tertiary/aromatic N) is 1. The number of anilines is 1. The molecule has 1 aromatic carbocycles. The standard InChI is InChI=1S/C13H13FN2OS2/c1-8-5-10(14)3-4-11(8)16-12(17)7-19-13-15-9(2)6-18-13/h3-6H,7H2,1-2H3,(H,16,17). The number of thioether (sulfide) groups is 1. The molecule has 2 aromatic rings. The molecule has 1 heterocycles. The van der Waals surface area contributed by atoms with Gasteiger partial charge in [-0.25, -0.2) is 9.37 Å². The number of thiazole rings is 1. The van der Waals surface area contributed by atoms with Gasteiger partial charge >= 0.3 is 0 Å². The minimum absolute atomic E-state index is 0.118. The molecule has 0 fully saturated rings. The first-order chi connectivity index (χ1) is 9.04. The number of rotatable bonds is 4. The van der Waals surface area contributed by atoms with Crippen LogP contribution in [0.4, 0.5) is 10.1 Å². The number of hydrogen-bond donors (Lipinski definition) is 1. The molecule has 0 aliphatic heterocycles. The van der Waals surface area contributed by atoms with E-state index in [2.05, 4.69) is 10.3 Å². The lowest BCUT2D eigenvalue weighted by molar-refractivity contribution is -0.113. The zero-order valence-electron chi connectivity index (χ0n) is 10.6. The molecule has 19 heavy (non-hydrogen) atoms. The van der Waals surface area contributed by atoms with Gasteiger partial charge in [-0.3, -0.25) is 4.79 Å². The Bertz CT molecular complexity index is 598. The number of aromatic nitrogens is 1. The van der Waals surface area contributed by atoms with E-state index in [0.29, 0.717) is 17.0 Å². The van der Waals surface area contributed by atoms with Crippen LogP contribution >= 0.6 is 23.1 Å². The van der Waals surface area contributed by atoms with Gasteiger partial charge in [-0.05, 0) is 37.6 Å². The van der Waals surface area contributed by atoms with E-state index in [0.717, 1.165) is 10.0 Å². The second-order valence-electron chi connectivity index (χ2n) is 4.05. The lowest BCUT2D eigenvalue weighted by Gasteiger charge is -2.07. The van der Waals surface area contributed by atoms with Gasteiger partial charge in [0.2, 0.25) is 5.91 Å². The first-order valence-corrected chi connectivity index (χ1v) is 7.52. The Morgan fingerprint density at radius 2 is 2.26 bits per heavy atom. The highest BCUT2D eigenvalue weighted by atomic mass is 32.2. The van der Waals surface area contributed by atoms with Crippen LogP contribution in [-0.4, -0.2) is 16.6 Å². The molecule has 0 saturated carbocycles. The molecule has 0 aliphatic carbocycles. The Hall–Kier alpha value is -1.40. The first-order valence-electron chi connectivity index (χ1n) is 5.65. The third-order valence-corrected chi connectivity index (χ3v) is 4.53. The smallest absolute Gasteiger partial charge is 0.234 e.